The molecule has 17 N–H and O–H groups in total. The van der Waals surface area contributed by atoms with E-state index >= 15 is 0 Å². The number of hydrogen-bond acceptors (Lipinski definition) is 13. The van der Waals surface area contributed by atoms with Crippen LogP contribution >= 0.6 is 0 Å². The molecule has 3 aromatic rings. The standard InChI is InChI=1S/C55H77N15O11/c1-68(44(31-36-19-9-4-10-20-36)49(76)66-40(30-35-17-7-3-8-18-35)47(74)65-38(53(80)81)22-12-26-62-55(59)60)51(78)41(33-71)67-46(73)39(29-34-15-5-2-6-16-34)64-45(72)32-63-48(75)42-23-13-27-69(42)52(79)43-24-14-28-70(43)50(77)37(56)21-11-25-61-54(57)58/h2-10,15-20,37-44,71H,11-14,21-33,56H2,1H3,(H,63,75)(H,64,72)(H,65,74)(H,66,76)(H,67,73)(H,80,81)(H4,57,58,61)(H4,59,60,62)/t37-,38-,39-,40-,41-,42-,43-,44-/m0/s1. The Morgan fingerprint density at radius 2 is 1.09 bits per heavy atom. The van der Waals surface area contributed by atoms with Gasteiger partial charge >= 0.3 is 5.97 Å². The van der Waals surface area contributed by atoms with Crippen LogP contribution in [0, 0.1) is 0 Å². The van der Waals surface area contributed by atoms with Crippen molar-refractivity contribution in [3.05, 3.63) is 108 Å². The zero-order valence-corrected chi connectivity index (χ0v) is 45.5. The molecule has 26 heteroatoms. The van der Waals surface area contributed by atoms with Crippen molar-refractivity contribution in [2.24, 2.45) is 38.7 Å². The largest absolute Gasteiger partial charge is 0.480 e. The second kappa shape index (κ2) is 31.8. The topological polar surface area (TPSA) is 419 Å². The quantitative estimate of drug-likeness (QED) is 0.0181. The smallest absolute Gasteiger partial charge is 0.326 e. The molecule has 5 rings (SSSR count). The minimum atomic E-state index is -1.68. The normalized spacial score (nSPS) is 16.9. The molecule has 0 saturated carbocycles. The molecule has 8 amide bonds. The Labute approximate surface area is 470 Å². The Balaban J connectivity index is 1.28. The first-order valence-electron chi connectivity index (χ1n) is 26.9. The van der Waals surface area contributed by atoms with Gasteiger partial charge in [0.05, 0.1) is 19.2 Å². The van der Waals surface area contributed by atoms with Crippen molar-refractivity contribution >= 4 is 65.1 Å². The van der Waals surface area contributed by atoms with Gasteiger partial charge in [0.25, 0.3) is 0 Å². The van der Waals surface area contributed by atoms with Crippen LogP contribution in [0.15, 0.2) is 101 Å². The van der Waals surface area contributed by atoms with Crippen LogP contribution in [0.3, 0.4) is 0 Å². The Morgan fingerprint density at radius 1 is 0.617 bits per heavy atom. The van der Waals surface area contributed by atoms with E-state index in [1.807, 2.05) is 0 Å². The number of benzene rings is 3. The molecule has 0 unspecified atom stereocenters. The zero-order chi connectivity index (χ0) is 59.0. The van der Waals surface area contributed by atoms with Crippen LogP contribution in [0.25, 0.3) is 0 Å². The molecule has 2 heterocycles. The number of carboxylic acid groups (broad SMARTS) is 1. The lowest BCUT2D eigenvalue weighted by Crippen LogP contribution is -2.61. The van der Waals surface area contributed by atoms with Gasteiger partial charge < -0.3 is 80.2 Å². The van der Waals surface area contributed by atoms with E-state index in [1.165, 1.54) is 16.8 Å². The summed E-state index contributed by atoms with van der Waals surface area (Å²) in [5, 5.41) is 33.6. The molecule has 26 nitrogen and oxygen atoms in total. The molecule has 0 bridgehead atoms. The van der Waals surface area contributed by atoms with E-state index < -0.39 is 115 Å². The van der Waals surface area contributed by atoms with E-state index in [4.69, 9.17) is 28.7 Å². The van der Waals surface area contributed by atoms with Gasteiger partial charge in [0.2, 0.25) is 47.3 Å². The number of nitrogens with zero attached hydrogens (tertiary/aromatic N) is 5. The average molecular weight is 1120 g/mol. The van der Waals surface area contributed by atoms with Gasteiger partial charge in [0, 0.05) is 52.5 Å². The summed E-state index contributed by atoms with van der Waals surface area (Å²) in [6.07, 6.45) is 2.34. The van der Waals surface area contributed by atoms with Crippen molar-refractivity contribution in [1.29, 1.82) is 0 Å². The van der Waals surface area contributed by atoms with Crippen molar-refractivity contribution < 1.29 is 53.4 Å². The predicted octanol–water partition coefficient (Wildman–Crippen LogP) is -2.91. The van der Waals surface area contributed by atoms with Crippen molar-refractivity contribution in [1.82, 2.24) is 41.3 Å². The first-order chi connectivity index (χ1) is 38.8. The summed E-state index contributed by atoms with van der Waals surface area (Å²) in [6.45, 7) is -0.611. The number of nitrogens with one attached hydrogen (secondary N) is 5. The number of likely N-dealkylation sites (tertiary alicyclic amines) is 2. The molecular weight excluding hydrogens is 1050 g/mol. The number of carboxylic acids is 1. The van der Waals surface area contributed by atoms with Gasteiger partial charge in [-0.2, -0.15) is 0 Å². The van der Waals surface area contributed by atoms with E-state index in [1.54, 1.807) is 91.0 Å². The minimum absolute atomic E-state index is 0.0457. The van der Waals surface area contributed by atoms with Crippen molar-refractivity contribution in [2.75, 3.05) is 46.4 Å². The summed E-state index contributed by atoms with van der Waals surface area (Å²) in [7, 11) is 1.29. The number of aliphatic hydroxyl groups is 1. The van der Waals surface area contributed by atoms with Gasteiger partial charge in [-0.05, 0) is 68.1 Å². The third kappa shape index (κ3) is 19.6. The highest BCUT2D eigenvalue weighted by Crippen LogP contribution is 2.26. The monoisotopic (exact) mass is 1120 g/mol. The molecule has 2 aliphatic heterocycles. The third-order valence-electron chi connectivity index (χ3n) is 14.0. The van der Waals surface area contributed by atoms with E-state index in [2.05, 4.69) is 36.6 Å². The molecule has 0 aromatic heterocycles. The number of rotatable bonds is 30. The second-order valence-electron chi connectivity index (χ2n) is 20.0. The van der Waals surface area contributed by atoms with Gasteiger partial charge in [-0.3, -0.25) is 48.3 Å². The third-order valence-corrected chi connectivity index (χ3v) is 14.0. The van der Waals surface area contributed by atoms with Gasteiger partial charge in [0.15, 0.2) is 11.9 Å². The minimum Gasteiger partial charge on any atom is -0.480 e. The summed E-state index contributed by atoms with van der Waals surface area (Å²) < 4.78 is 0. The number of carbonyl (C=O) groups is 9. The van der Waals surface area contributed by atoms with E-state index in [0.29, 0.717) is 61.8 Å². The molecule has 81 heavy (non-hydrogen) atoms. The zero-order valence-electron chi connectivity index (χ0n) is 45.5. The van der Waals surface area contributed by atoms with Crippen molar-refractivity contribution in [3.63, 3.8) is 0 Å². The van der Waals surface area contributed by atoms with E-state index in [9.17, 15) is 53.4 Å². The predicted molar refractivity (Wildman–Crippen MR) is 300 cm³/mol. The van der Waals surface area contributed by atoms with Gasteiger partial charge in [-0.15, -0.1) is 0 Å². The molecule has 0 radical (unpaired) electrons. The molecule has 2 saturated heterocycles. The Bertz CT molecular complexity index is 2680. The van der Waals surface area contributed by atoms with Crippen LogP contribution in [0.2, 0.25) is 0 Å². The molecule has 8 atom stereocenters. The fraction of sp³-hybridized carbons (Fsp3) is 0.473. The number of amides is 8. The van der Waals surface area contributed by atoms with Crippen LogP contribution in [0.1, 0.15) is 68.1 Å². The number of aliphatic hydroxyl groups excluding tert-OH is 1. The maximum absolute atomic E-state index is 14.6. The molecule has 2 fully saturated rings. The fourth-order valence-electron chi connectivity index (χ4n) is 9.69. The summed E-state index contributed by atoms with van der Waals surface area (Å²) in [6, 6.07) is 16.1. The van der Waals surface area contributed by atoms with Crippen LogP contribution < -0.4 is 55.3 Å². The molecular formula is C55H77N15O11. The lowest BCUT2D eigenvalue weighted by molar-refractivity contribution is -0.147. The van der Waals surface area contributed by atoms with Crippen LogP contribution in [0.4, 0.5) is 0 Å². The number of aliphatic imine (C=N–C) groups is 2. The number of nitrogens with two attached hydrogens (primary N) is 5. The summed E-state index contributed by atoms with van der Waals surface area (Å²) in [5.74, 6) is -7.27. The number of aliphatic carboxylic acids is 1. The fourth-order valence-corrected chi connectivity index (χ4v) is 9.69. The second-order valence-corrected chi connectivity index (χ2v) is 20.0. The van der Waals surface area contributed by atoms with Crippen molar-refractivity contribution in [2.45, 2.75) is 119 Å². The van der Waals surface area contributed by atoms with E-state index in [0.717, 1.165) is 4.90 Å². The van der Waals surface area contributed by atoms with Crippen LogP contribution in [0.5, 0.6) is 0 Å². The lowest BCUT2D eigenvalue weighted by atomic mass is 10.0. The number of carbonyl (C=O) groups excluding carboxylic acids is 8. The summed E-state index contributed by atoms with van der Waals surface area (Å²) in [4.78, 5) is 136. The number of hydrogen-bond donors (Lipinski definition) is 12. The molecule has 3 aromatic carbocycles. The van der Waals surface area contributed by atoms with Crippen LogP contribution in [-0.2, 0) is 62.4 Å². The highest BCUT2D eigenvalue weighted by molar-refractivity contribution is 5.98. The van der Waals surface area contributed by atoms with Gasteiger partial charge in [-0.1, -0.05) is 91.0 Å². The van der Waals surface area contributed by atoms with Crippen LogP contribution in [-0.4, -0.2) is 185 Å². The highest BCUT2D eigenvalue weighted by atomic mass is 16.4. The molecule has 0 aliphatic carbocycles. The number of guanidine groups is 2. The first kappa shape index (κ1) is 63.2. The first-order valence-corrected chi connectivity index (χ1v) is 26.9. The van der Waals surface area contributed by atoms with Gasteiger partial charge in [0.1, 0.15) is 42.3 Å². The maximum atomic E-state index is 14.6. The molecule has 438 valence electrons. The van der Waals surface area contributed by atoms with Crippen molar-refractivity contribution in [3.8, 4) is 0 Å². The Hall–Kier alpha value is -8.65. The highest BCUT2D eigenvalue weighted by Gasteiger charge is 2.43. The summed E-state index contributed by atoms with van der Waals surface area (Å²) >= 11 is 0. The lowest BCUT2D eigenvalue weighted by Gasteiger charge is -2.32. The number of likely N-dealkylation sites (N-methyl/N-ethyl adjacent to an activating group) is 1. The SMILES string of the molecule is CN(C(=O)[C@H](CO)NC(=O)[C@H](Cc1ccccc1)NC(=O)CNC(=O)[C@@H]1CCCN1C(=O)[C@@H]1CCCN1C(=O)[C@@H](N)CCCN=C(N)N)[C@@H](Cc1ccccc1)C(=O)N[C@@H](Cc1ccccc1)C(=O)N[C@@H](CCCN=C(N)N)C(=O)O. The Morgan fingerprint density at radius 3 is 1.60 bits per heavy atom. The average Bonchev–Trinajstić information content (AvgIpc) is 4.18. The summed E-state index contributed by atoms with van der Waals surface area (Å²) in [5.41, 5.74) is 29.6. The van der Waals surface area contributed by atoms with E-state index in [-0.39, 0.29) is 63.7 Å². The molecule has 0 spiro atoms. The Kier molecular flexibility index (Phi) is 24.8. The maximum Gasteiger partial charge on any atom is 0.326 e. The molecule has 2 aliphatic rings. The van der Waals surface area contributed by atoms with Gasteiger partial charge in [-0.25, -0.2) is 4.79 Å².